The van der Waals surface area contributed by atoms with Gasteiger partial charge in [0.25, 0.3) is 0 Å². The minimum Gasteiger partial charge on any atom is -0.433 e. The van der Waals surface area contributed by atoms with E-state index in [1.807, 2.05) is 0 Å². The molecule has 0 aromatic heterocycles. The summed E-state index contributed by atoms with van der Waals surface area (Å²) in [5.74, 6) is 0.139. The zero-order valence-corrected chi connectivity index (χ0v) is 11.4. The van der Waals surface area contributed by atoms with Crippen LogP contribution in [0.5, 0.6) is 5.75 Å². The summed E-state index contributed by atoms with van der Waals surface area (Å²) in [7, 11) is 0. The molecule has 0 saturated carbocycles. The Morgan fingerprint density at radius 3 is 3.00 bits per heavy atom. The van der Waals surface area contributed by atoms with Crippen molar-refractivity contribution in [2.45, 2.75) is 31.6 Å². The maximum absolute atomic E-state index is 12.3. The van der Waals surface area contributed by atoms with Gasteiger partial charge in [-0.2, -0.15) is 8.78 Å². The van der Waals surface area contributed by atoms with E-state index < -0.39 is 6.61 Å². The third kappa shape index (κ3) is 4.09. The number of hydrogen-bond donors (Lipinski definition) is 1. The van der Waals surface area contributed by atoms with E-state index in [2.05, 4.69) is 22.0 Å². The van der Waals surface area contributed by atoms with Gasteiger partial charge >= 0.3 is 6.61 Å². The van der Waals surface area contributed by atoms with Crippen LogP contribution in [0.25, 0.3) is 0 Å². The van der Waals surface area contributed by atoms with Gasteiger partial charge in [0.2, 0.25) is 0 Å². The standard InChI is InChI=1S/C13H16F2N2OS/c1-2-5-9-8-16-13(19-9)17-10-6-3-4-7-11(10)18-12(14)15/h3-4,6-7,9,12H,2,5,8H2,1H3,(H,16,17). The number of hydrogen-bond acceptors (Lipinski definition) is 4. The van der Waals surface area contributed by atoms with Crippen molar-refractivity contribution in [1.82, 2.24) is 0 Å². The third-order valence-corrected chi connectivity index (χ3v) is 3.84. The molecule has 0 saturated heterocycles. The summed E-state index contributed by atoms with van der Waals surface area (Å²) in [6, 6.07) is 6.64. The topological polar surface area (TPSA) is 33.6 Å². The van der Waals surface area contributed by atoms with E-state index >= 15 is 0 Å². The summed E-state index contributed by atoms with van der Waals surface area (Å²) in [6.07, 6.45) is 2.22. The Labute approximate surface area is 115 Å². The molecule has 1 heterocycles. The Morgan fingerprint density at radius 1 is 1.47 bits per heavy atom. The van der Waals surface area contributed by atoms with Gasteiger partial charge in [0.05, 0.1) is 12.2 Å². The normalized spacial score (nSPS) is 18.5. The van der Waals surface area contributed by atoms with Crippen LogP contribution in [0.15, 0.2) is 29.3 Å². The molecule has 1 atom stereocenters. The maximum Gasteiger partial charge on any atom is 0.387 e. The van der Waals surface area contributed by atoms with Crippen molar-refractivity contribution < 1.29 is 13.5 Å². The monoisotopic (exact) mass is 286 g/mol. The molecule has 3 nitrogen and oxygen atoms in total. The lowest BCUT2D eigenvalue weighted by molar-refractivity contribution is -0.0493. The summed E-state index contributed by atoms with van der Waals surface area (Å²) < 4.78 is 29.1. The van der Waals surface area contributed by atoms with Crippen LogP contribution in [0.1, 0.15) is 19.8 Å². The number of thioether (sulfide) groups is 1. The Hall–Kier alpha value is -1.30. The first-order chi connectivity index (χ1) is 9.19. The van der Waals surface area contributed by atoms with Crippen LogP contribution < -0.4 is 10.1 Å². The highest BCUT2D eigenvalue weighted by Crippen LogP contribution is 2.30. The maximum atomic E-state index is 12.3. The highest BCUT2D eigenvalue weighted by Gasteiger charge is 2.20. The smallest absolute Gasteiger partial charge is 0.387 e. The SMILES string of the molecule is CCCC1CN=C(Nc2ccccc2OC(F)F)S1. The lowest BCUT2D eigenvalue weighted by Crippen LogP contribution is -2.10. The van der Waals surface area contributed by atoms with Crippen LogP contribution in [-0.4, -0.2) is 23.6 Å². The van der Waals surface area contributed by atoms with Gasteiger partial charge < -0.3 is 10.1 Å². The van der Waals surface area contributed by atoms with E-state index in [0.29, 0.717) is 10.9 Å². The molecule has 0 radical (unpaired) electrons. The molecule has 6 heteroatoms. The summed E-state index contributed by atoms with van der Waals surface area (Å²) in [5, 5.41) is 4.31. The molecule has 19 heavy (non-hydrogen) atoms. The highest BCUT2D eigenvalue weighted by atomic mass is 32.2. The fraction of sp³-hybridized carbons (Fsp3) is 0.462. The number of nitrogens with zero attached hydrogens (tertiary/aromatic N) is 1. The van der Waals surface area contributed by atoms with Crippen LogP contribution in [0.2, 0.25) is 0 Å². The van der Waals surface area contributed by atoms with Crippen molar-refractivity contribution in [3.8, 4) is 5.75 Å². The molecule has 1 aromatic carbocycles. The number of rotatable bonds is 5. The van der Waals surface area contributed by atoms with Gasteiger partial charge in [-0.05, 0) is 18.6 Å². The first kappa shape index (κ1) is 14.1. The zero-order chi connectivity index (χ0) is 13.7. The Kier molecular flexibility index (Phi) is 5.01. The second-order valence-electron chi connectivity index (χ2n) is 4.17. The number of para-hydroxylation sites is 2. The van der Waals surface area contributed by atoms with Crippen LogP contribution >= 0.6 is 11.8 Å². The lowest BCUT2D eigenvalue weighted by Gasteiger charge is -2.12. The second kappa shape index (κ2) is 6.75. The van der Waals surface area contributed by atoms with Gasteiger partial charge in [-0.3, -0.25) is 4.99 Å². The second-order valence-corrected chi connectivity index (χ2v) is 5.46. The number of benzene rings is 1. The van der Waals surface area contributed by atoms with Crippen LogP contribution in [0.4, 0.5) is 14.5 Å². The van der Waals surface area contributed by atoms with Crippen molar-refractivity contribution in [3.63, 3.8) is 0 Å². The number of ether oxygens (including phenoxy) is 1. The fourth-order valence-corrected chi connectivity index (χ4v) is 2.98. The number of amidine groups is 1. The van der Waals surface area contributed by atoms with E-state index in [9.17, 15) is 8.78 Å². The van der Waals surface area contributed by atoms with Gasteiger partial charge in [0.15, 0.2) is 5.17 Å². The largest absolute Gasteiger partial charge is 0.433 e. The van der Waals surface area contributed by atoms with Crippen molar-refractivity contribution in [2.75, 3.05) is 11.9 Å². The molecule has 1 aliphatic heterocycles. The zero-order valence-electron chi connectivity index (χ0n) is 10.6. The Bertz CT molecular complexity index is 454. The summed E-state index contributed by atoms with van der Waals surface area (Å²) in [5.41, 5.74) is 0.520. The minimum absolute atomic E-state index is 0.139. The number of anilines is 1. The molecule has 0 bridgehead atoms. The van der Waals surface area contributed by atoms with E-state index in [1.54, 1.807) is 30.0 Å². The van der Waals surface area contributed by atoms with Crippen LogP contribution in [0.3, 0.4) is 0 Å². The number of aliphatic imine (C=N–C) groups is 1. The molecule has 2 rings (SSSR count). The van der Waals surface area contributed by atoms with Gasteiger partial charge in [0, 0.05) is 5.25 Å². The van der Waals surface area contributed by atoms with Gasteiger partial charge in [0.1, 0.15) is 5.75 Å². The average molecular weight is 286 g/mol. The molecule has 1 unspecified atom stereocenters. The molecule has 0 fully saturated rings. The first-order valence-electron chi connectivity index (χ1n) is 6.21. The summed E-state index contributed by atoms with van der Waals surface area (Å²) in [4.78, 5) is 4.38. The Balaban J connectivity index is 2.00. The Morgan fingerprint density at radius 2 is 2.26 bits per heavy atom. The summed E-state index contributed by atoms with van der Waals surface area (Å²) >= 11 is 1.65. The van der Waals surface area contributed by atoms with E-state index in [4.69, 9.17) is 0 Å². The van der Waals surface area contributed by atoms with Crippen molar-refractivity contribution >= 4 is 22.6 Å². The number of alkyl halides is 2. The molecule has 0 amide bonds. The number of halogens is 2. The van der Waals surface area contributed by atoms with Crippen LogP contribution in [-0.2, 0) is 0 Å². The quantitative estimate of drug-likeness (QED) is 0.889. The highest BCUT2D eigenvalue weighted by molar-refractivity contribution is 8.15. The van der Waals surface area contributed by atoms with E-state index in [-0.39, 0.29) is 5.75 Å². The van der Waals surface area contributed by atoms with E-state index in [0.717, 1.165) is 24.6 Å². The molecule has 1 aromatic rings. The predicted octanol–water partition coefficient (Wildman–Crippen LogP) is 3.97. The molecule has 1 N–H and O–H groups in total. The van der Waals surface area contributed by atoms with Gasteiger partial charge in [-0.25, -0.2) is 0 Å². The first-order valence-corrected chi connectivity index (χ1v) is 7.09. The average Bonchev–Trinajstić information content (AvgIpc) is 2.79. The van der Waals surface area contributed by atoms with Gasteiger partial charge in [-0.1, -0.05) is 37.2 Å². The number of nitrogens with one attached hydrogen (secondary N) is 1. The molecular formula is C13H16F2N2OS. The molecule has 0 aliphatic carbocycles. The molecule has 1 aliphatic rings. The van der Waals surface area contributed by atoms with Crippen molar-refractivity contribution in [3.05, 3.63) is 24.3 Å². The van der Waals surface area contributed by atoms with E-state index in [1.165, 1.54) is 6.07 Å². The van der Waals surface area contributed by atoms with Crippen molar-refractivity contribution in [1.29, 1.82) is 0 Å². The lowest BCUT2D eigenvalue weighted by atomic mass is 10.2. The molecule has 104 valence electrons. The van der Waals surface area contributed by atoms with Crippen molar-refractivity contribution in [2.24, 2.45) is 4.99 Å². The molecule has 0 spiro atoms. The minimum atomic E-state index is -2.83. The fourth-order valence-electron chi connectivity index (χ4n) is 1.84. The van der Waals surface area contributed by atoms with Crippen LogP contribution in [0, 0.1) is 0 Å². The molecular weight excluding hydrogens is 270 g/mol. The van der Waals surface area contributed by atoms with Gasteiger partial charge in [-0.15, -0.1) is 0 Å². The summed E-state index contributed by atoms with van der Waals surface area (Å²) in [6.45, 7) is 0.0881. The predicted molar refractivity (Wildman–Crippen MR) is 75.3 cm³/mol. The third-order valence-electron chi connectivity index (χ3n) is 2.67.